The third kappa shape index (κ3) is 3.48. The molecule has 0 aromatic carbocycles. The van der Waals surface area contributed by atoms with Crippen molar-refractivity contribution in [2.75, 3.05) is 13.1 Å². The second kappa shape index (κ2) is 5.92. The van der Waals surface area contributed by atoms with Crippen LogP contribution >= 0.6 is 0 Å². The summed E-state index contributed by atoms with van der Waals surface area (Å²) in [5.74, 6) is 0.728. The second-order valence-corrected chi connectivity index (χ2v) is 7.25. The smallest absolute Gasteiger partial charge is 0.0131 e. The molecule has 0 amide bonds. The molecule has 2 atom stereocenters. The highest BCUT2D eigenvalue weighted by Crippen LogP contribution is 2.39. The van der Waals surface area contributed by atoms with Gasteiger partial charge in [0.05, 0.1) is 0 Å². The first-order valence-corrected chi connectivity index (χ1v) is 8.04. The SMILES string of the molecule is CCCCN(CC1CCCC(C)(C)C1N)C1CC1. The molecule has 2 nitrogen and oxygen atoms in total. The molecule has 2 unspecified atom stereocenters. The van der Waals surface area contributed by atoms with Crippen molar-refractivity contribution in [3.63, 3.8) is 0 Å². The van der Waals surface area contributed by atoms with Gasteiger partial charge in [0.15, 0.2) is 0 Å². The maximum absolute atomic E-state index is 6.53. The summed E-state index contributed by atoms with van der Waals surface area (Å²) < 4.78 is 0. The van der Waals surface area contributed by atoms with Gasteiger partial charge in [-0.3, -0.25) is 0 Å². The lowest BCUT2D eigenvalue weighted by atomic mass is 9.68. The first kappa shape index (κ1) is 14.3. The van der Waals surface area contributed by atoms with Crippen LogP contribution in [0.1, 0.15) is 65.7 Å². The van der Waals surface area contributed by atoms with Crippen LogP contribution in [0.3, 0.4) is 0 Å². The number of rotatable bonds is 6. The van der Waals surface area contributed by atoms with E-state index in [1.165, 1.54) is 58.0 Å². The van der Waals surface area contributed by atoms with Gasteiger partial charge in [-0.15, -0.1) is 0 Å². The van der Waals surface area contributed by atoms with Crippen molar-refractivity contribution in [1.29, 1.82) is 0 Å². The Morgan fingerprint density at radius 2 is 1.94 bits per heavy atom. The topological polar surface area (TPSA) is 29.3 Å². The van der Waals surface area contributed by atoms with E-state index in [1.54, 1.807) is 0 Å². The third-order valence-corrected chi connectivity index (χ3v) is 5.14. The molecule has 2 heteroatoms. The summed E-state index contributed by atoms with van der Waals surface area (Å²) >= 11 is 0. The van der Waals surface area contributed by atoms with Gasteiger partial charge in [-0.1, -0.05) is 33.6 Å². The minimum atomic E-state index is 0.350. The van der Waals surface area contributed by atoms with Gasteiger partial charge in [0.2, 0.25) is 0 Å². The van der Waals surface area contributed by atoms with E-state index in [0.717, 1.165) is 12.0 Å². The zero-order valence-electron chi connectivity index (χ0n) is 12.6. The lowest BCUT2D eigenvalue weighted by Crippen LogP contribution is -2.50. The molecule has 0 radical (unpaired) electrons. The van der Waals surface area contributed by atoms with E-state index in [1.807, 2.05) is 0 Å². The lowest BCUT2D eigenvalue weighted by molar-refractivity contribution is 0.0984. The van der Waals surface area contributed by atoms with Gasteiger partial charge in [0.1, 0.15) is 0 Å². The Balaban J connectivity index is 1.89. The fourth-order valence-electron chi connectivity index (χ4n) is 3.53. The maximum Gasteiger partial charge on any atom is 0.0131 e. The van der Waals surface area contributed by atoms with Gasteiger partial charge in [0, 0.05) is 18.6 Å². The second-order valence-electron chi connectivity index (χ2n) is 7.25. The molecule has 0 saturated heterocycles. The molecule has 0 aliphatic heterocycles. The monoisotopic (exact) mass is 252 g/mol. The van der Waals surface area contributed by atoms with Crippen LogP contribution in [0, 0.1) is 11.3 Å². The maximum atomic E-state index is 6.53. The van der Waals surface area contributed by atoms with Crippen molar-refractivity contribution in [2.24, 2.45) is 17.1 Å². The van der Waals surface area contributed by atoms with Crippen LogP contribution in [0.25, 0.3) is 0 Å². The van der Waals surface area contributed by atoms with E-state index >= 15 is 0 Å². The molecule has 2 aliphatic rings. The van der Waals surface area contributed by atoms with Crippen molar-refractivity contribution in [1.82, 2.24) is 4.90 Å². The number of unbranched alkanes of at least 4 members (excludes halogenated alkanes) is 1. The van der Waals surface area contributed by atoms with Crippen molar-refractivity contribution in [3.8, 4) is 0 Å². The van der Waals surface area contributed by atoms with E-state index in [9.17, 15) is 0 Å². The minimum absolute atomic E-state index is 0.350. The molecule has 0 spiro atoms. The normalized spacial score (nSPS) is 31.8. The number of hydrogen-bond acceptors (Lipinski definition) is 2. The molecule has 2 rings (SSSR count). The summed E-state index contributed by atoms with van der Waals surface area (Å²) in [5.41, 5.74) is 6.88. The van der Waals surface area contributed by atoms with E-state index < -0.39 is 0 Å². The Hall–Kier alpha value is -0.0800. The highest BCUT2D eigenvalue weighted by Gasteiger charge is 2.39. The Labute approximate surface area is 113 Å². The standard InChI is InChI=1S/C16H32N2/c1-4-5-11-18(14-8-9-14)12-13-7-6-10-16(2,3)15(13)17/h13-15H,4-12,17H2,1-3H3. The number of nitrogens with zero attached hydrogens (tertiary/aromatic N) is 1. The van der Waals surface area contributed by atoms with Crippen LogP contribution in [0.2, 0.25) is 0 Å². The zero-order chi connectivity index (χ0) is 13.2. The van der Waals surface area contributed by atoms with Crippen LogP contribution in [0.4, 0.5) is 0 Å². The zero-order valence-corrected chi connectivity index (χ0v) is 12.6. The molecule has 2 saturated carbocycles. The summed E-state index contributed by atoms with van der Waals surface area (Å²) in [4.78, 5) is 2.75. The van der Waals surface area contributed by atoms with Crippen molar-refractivity contribution in [3.05, 3.63) is 0 Å². The highest BCUT2D eigenvalue weighted by atomic mass is 15.2. The number of hydrogen-bond donors (Lipinski definition) is 1. The molecular weight excluding hydrogens is 220 g/mol. The molecule has 0 heterocycles. The Bertz CT molecular complexity index is 258. The van der Waals surface area contributed by atoms with Gasteiger partial charge >= 0.3 is 0 Å². The predicted octanol–water partition coefficient (Wildman–Crippen LogP) is 3.40. The Morgan fingerprint density at radius 3 is 2.56 bits per heavy atom. The summed E-state index contributed by atoms with van der Waals surface area (Å²) in [6.45, 7) is 9.56. The minimum Gasteiger partial charge on any atom is -0.327 e. The fraction of sp³-hybridized carbons (Fsp3) is 1.00. The molecular formula is C16H32N2. The van der Waals surface area contributed by atoms with Gasteiger partial charge in [-0.05, 0) is 50.0 Å². The molecule has 106 valence electrons. The average molecular weight is 252 g/mol. The van der Waals surface area contributed by atoms with Crippen molar-refractivity contribution in [2.45, 2.75) is 77.8 Å². The third-order valence-electron chi connectivity index (χ3n) is 5.14. The largest absolute Gasteiger partial charge is 0.327 e. The van der Waals surface area contributed by atoms with E-state index in [4.69, 9.17) is 5.73 Å². The molecule has 2 fully saturated rings. The molecule has 0 aromatic rings. The van der Waals surface area contributed by atoms with Crippen LogP contribution in [-0.4, -0.2) is 30.1 Å². The highest BCUT2D eigenvalue weighted by molar-refractivity contribution is 4.94. The molecule has 0 aromatic heterocycles. The van der Waals surface area contributed by atoms with Gasteiger partial charge in [-0.2, -0.15) is 0 Å². The van der Waals surface area contributed by atoms with Gasteiger partial charge in [-0.25, -0.2) is 0 Å². The average Bonchev–Trinajstić information content (AvgIpc) is 3.14. The van der Waals surface area contributed by atoms with E-state index in [2.05, 4.69) is 25.7 Å². The Morgan fingerprint density at radius 1 is 1.22 bits per heavy atom. The van der Waals surface area contributed by atoms with Gasteiger partial charge < -0.3 is 10.6 Å². The summed E-state index contributed by atoms with van der Waals surface area (Å²) in [6, 6.07) is 1.29. The molecule has 0 bridgehead atoms. The van der Waals surface area contributed by atoms with Gasteiger partial charge in [0.25, 0.3) is 0 Å². The summed E-state index contributed by atoms with van der Waals surface area (Å²) in [6.07, 6.45) is 9.54. The molecule has 18 heavy (non-hydrogen) atoms. The lowest BCUT2D eigenvalue weighted by Gasteiger charge is -2.43. The van der Waals surface area contributed by atoms with E-state index in [0.29, 0.717) is 11.5 Å². The first-order valence-electron chi connectivity index (χ1n) is 8.04. The summed E-state index contributed by atoms with van der Waals surface area (Å²) in [7, 11) is 0. The fourth-order valence-corrected chi connectivity index (χ4v) is 3.53. The van der Waals surface area contributed by atoms with Crippen LogP contribution in [-0.2, 0) is 0 Å². The molecule has 2 aliphatic carbocycles. The van der Waals surface area contributed by atoms with E-state index in [-0.39, 0.29) is 0 Å². The van der Waals surface area contributed by atoms with Crippen molar-refractivity contribution >= 4 is 0 Å². The number of nitrogens with two attached hydrogens (primary N) is 1. The predicted molar refractivity (Wildman–Crippen MR) is 78.6 cm³/mol. The quantitative estimate of drug-likeness (QED) is 0.785. The van der Waals surface area contributed by atoms with Crippen molar-refractivity contribution < 1.29 is 0 Å². The first-order chi connectivity index (χ1) is 8.54. The molecule has 2 N–H and O–H groups in total. The Kier molecular flexibility index (Phi) is 4.71. The van der Waals surface area contributed by atoms with Crippen LogP contribution in [0.5, 0.6) is 0 Å². The van der Waals surface area contributed by atoms with Crippen LogP contribution in [0.15, 0.2) is 0 Å². The summed E-state index contributed by atoms with van der Waals surface area (Å²) in [5, 5.41) is 0. The van der Waals surface area contributed by atoms with Crippen LogP contribution < -0.4 is 5.73 Å².